The van der Waals surface area contributed by atoms with Crippen molar-refractivity contribution in [3.05, 3.63) is 212 Å². The second-order valence-corrected chi connectivity index (χ2v) is 16.2. The molecule has 2 aromatic heterocycles. The van der Waals surface area contributed by atoms with E-state index in [1.165, 1.54) is 64.0 Å². The van der Waals surface area contributed by atoms with Crippen LogP contribution in [-0.4, -0.2) is 0 Å². The lowest BCUT2D eigenvalue weighted by Crippen LogP contribution is -2.11. The van der Waals surface area contributed by atoms with Gasteiger partial charge in [0.25, 0.3) is 0 Å². The van der Waals surface area contributed by atoms with Crippen LogP contribution in [0.1, 0.15) is 0 Å². The standard InChI is InChI=1S/C56H35NOS/c1-3-14-36(15-4-1)37-28-30-40(31-29-37)42-34-35-50(53-48-20-9-10-27-52(48)58-54(42)53)57(49-25-12-22-44-41-19-8-7-18-39(41)32-33-45(44)49)51-26-13-24-47-46-23-11-21-43(55(46)59-56(47)51)38-16-5-2-6-17-38/h1-35H. The topological polar surface area (TPSA) is 16.4 Å². The van der Waals surface area contributed by atoms with Crippen LogP contribution in [0, 0.1) is 0 Å². The molecular formula is C56H35NOS. The summed E-state index contributed by atoms with van der Waals surface area (Å²) in [6.45, 7) is 0. The van der Waals surface area contributed by atoms with E-state index in [2.05, 4.69) is 217 Å². The highest BCUT2D eigenvalue weighted by Crippen LogP contribution is 2.52. The molecule has 12 rings (SSSR count). The van der Waals surface area contributed by atoms with E-state index in [-0.39, 0.29) is 0 Å². The molecule has 2 nitrogen and oxygen atoms in total. The fraction of sp³-hybridized carbons (Fsp3) is 0. The third-order valence-corrected chi connectivity index (χ3v) is 13.2. The summed E-state index contributed by atoms with van der Waals surface area (Å²) in [5.74, 6) is 0. The van der Waals surface area contributed by atoms with E-state index in [1.54, 1.807) is 0 Å². The maximum atomic E-state index is 6.94. The monoisotopic (exact) mass is 769 g/mol. The first-order valence-corrected chi connectivity index (χ1v) is 20.9. The molecular weight excluding hydrogens is 735 g/mol. The molecule has 0 N–H and O–H groups in total. The first kappa shape index (κ1) is 33.7. The van der Waals surface area contributed by atoms with Crippen molar-refractivity contribution in [1.82, 2.24) is 0 Å². The average molecular weight is 770 g/mol. The lowest BCUT2D eigenvalue weighted by atomic mass is 9.96. The van der Waals surface area contributed by atoms with E-state index < -0.39 is 0 Å². The minimum Gasteiger partial charge on any atom is -0.455 e. The van der Waals surface area contributed by atoms with E-state index in [0.717, 1.165) is 50.1 Å². The zero-order chi connectivity index (χ0) is 38.9. The molecule has 3 heteroatoms. The van der Waals surface area contributed by atoms with Crippen LogP contribution < -0.4 is 4.90 Å². The maximum absolute atomic E-state index is 6.94. The number of rotatable bonds is 6. The molecule has 0 amide bonds. The molecule has 10 aromatic carbocycles. The van der Waals surface area contributed by atoms with Crippen LogP contribution >= 0.6 is 11.3 Å². The molecule has 0 fully saturated rings. The minimum atomic E-state index is 0.869. The number of hydrogen-bond donors (Lipinski definition) is 0. The summed E-state index contributed by atoms with van der Waals surface area (Å²) in [5.41, 5.74) is 12.1. The maximum Gasteiger partial charge on any atom is 0.145 e. The Balaban J connectivity index is 1.16. The van der Waals surface area contributed by atoms with Crippen LogP contribution in [0.4, 0.5) is 17.1 Å². The minimum absolute atomic E-state index is 0.869. The SMILES string of the molecule is c1ccc(-c2ccc(-c3ccc(N(c4cccc5c4ccc4ccccc45)c4cccc5c4sc4c(-c6ccccc6)cccc45)c4c3oc3ccccc34)cc2)cc1. The highest BCUT2D eigenvalue weighted by atomic mass is 32.1. The van der Waals surface area contributed by atoms with E-state index in [4.69, 9.17) is 4.42 Å². The Morgan fingerprint density at radius 2 is 0.915 bits per heavy atom. The molecule has 0 aliphatic rings. The predicted molar refractivity (Wildman–Crippen MR) is 253 cm³/mol. The molecule has 0 aliphatic heterocycles. The Morgan fingerprint density at radius 1 is 0.322 bits per heavy atom. The van der Waals surface area contributed by atoms with Gasteiger partial charge in [0.05, 0.1) is 27.1 Å². The van der Waals surface area contributed by atoms with Crippen LogP contribution in [0.15, 0.2) is 217 Å². The van der Waals surface area contributed by atoms with Gasteiger partial charge in [-0.25, -0.2) is 0 Å². The highest BCUT2D eigenvalue weighted by molar-refractivity contribution is 7.27. The summed E-state index contributed by atoms with van der Waals surface area (Å²) in [6, 6.07) is 76.8. The number of anilines is 3. The molecule has 0 saturated heterocycles. The Bertz CT molecular complexity index is 3550. The fourth-order valence-electron chi connectivity index (χ4n) is 9.13. The fourth-order valence-corrected chi connectivity index (χ4v) is 10.5. The number of nitrogens with zero attached hydrogens (tertiary/aromatic N) is 1. The van der Waals surface area contributed by atoms with Gasteiger partial charge in [-0.15, -0.1) is 11.3 Å². The first-order valence-electron chi connectivity index (χ1n) is 20.1. The summed E-state index contributed by atoms with van der Waals surface area (Å²) in [5, 5.41) is 9.59. The molecule has 0 bridgehead atoms. The van der Waals surface area contributed by atoms with Crippen LogP contribution in [0.25, 0.3) is 97.0 Å². The quantitative estimate of drug-likeness (QED) is 0.157. The van der Waals surface area contributed by atoms with Crippen LogP contribution in [-0.2, 0) is 0 Å². The number of fused-ring (bicyclic) bond motifs is 9. The van der Waals surface area contributed by atoms with Crippen molar-refractivity contribution in [2.75, 3.05) is 4.90 Å². The smallest absolute Gasteiger partial charge is 0.145 e. The Morgan fingerprint density at radius 3 is 1.73 bits per heavy atom. The van der Waals surface area contributed by atoms with Crippen molar-refractivity contribution in [1.29, 1.82) is 0 Å². The van der Waals surface area contributed by atoms with Crippen molar-refractivity contribution in [3.63, 3.8) is 0 Å². The van der Waals surface area contributed by atoms with Gasteiger partial charge in [0, 0.05) is 31.8 Å². The summed E-state index contributed by atoms with van der Waals surface area (Å²) in [6.07, 6.45) is 0. The Labute approximate surface area is 345 Å². The molecule has 59 heavy (non-hydrogen) atoms. The zero-order valence-corrected chi connectivity index (χ0v) is 32.8. The van der Waals surface area contributed by atoms with Crippen LogP contribution in [0.5, 0.6) is 0 Å². The third kappa shape index (κ3) is 5.40. The van der Waals surface area contributed by atoms with Gasteiger partial charge in [-0.1, -0.05) is 182 Å². The molecule has 0 spiro atoms. The summed E-state index contributed by atoms with van der Waals surface area (Å²) < 4.78 is 9.47. The second kappa shape index (κ2) is 13.6. The summed E-state index contributed by atoms with van der Waals surface area (Å²) >= 11 is 1.88. The molecule has 0 atom stereocenters. The van der Waals surface area contributed by atoms with Crippen molar-refractivity contribution in [3.8, 4) is 33.4 Å². The van der Waals surface area contributed by atoms with Crippen LogP contribution in [0.2, 0.25) is 0 Å². The summed E-state index contributed by atoms with van der Waals surface area (Å²) in [7, 11) is 0. The van der Waals surface area contributed by atoms with Gasteiger partial charge in [-0.05, 0) is 74.3 Å². The van der Waals surface area contributed by atoms with Gasteiger partial charge in [0.15, 0.2) is 0 Å². The molecule has 0 aliphatic carbocycles. The number of para-hydroxylation sites is 1. The van der Waals surface area contributed by atoms with Crippen molar-refractivity contribution in [2.24, 2.45) is 0 Å². The number of thiophene rings is 1. The van der Waals surface area contributed by atoms with Gasteiger partial charge in [-0.3, -0.25) is 0 Å². The van der Waals surface area contributed by atoms with Gasteiger partial charge < -0.3 is 9.32 Å². The van der Waals surface area contributed by atoms with Crippen molar-refractivity contribution >= 4 is 92.1 Å². The highest BCUT2D eigenvalue weighted by Gasteiger charge is 2.26. The van der Waals surface area contributed by atoms with Crippen molar-refractivity contribution in [2.45, 2.75) is 0 Å². The van der Waals surface area contributed by atoms with Gasteiger partial charge in [0.2, 0.25) is 0 Å². The average Bonchev–Trinajstić information content (AvgIpc) is 3.90. The van der Waals surface area contributed by atoms with Crippen LogP contribution in [0.3, 0.4) is 0 Å². The Hall–Kier alpha value is -7.46. The number of hydrogen-bond acceptors (Lipinski definition) is 3. The predicted octanol–water partition coefficient (Wildman–Crippen LogP) is 16.7. The zero-order valence-electron chi connectivity index (χ0n) is 32.0. The molecule has 0 radical (unpaired) electrons. The third-order valence-electron chi connectivity index (χ3n) is 11.9. The van der Waals surface area contributed by atoms with E-state index >= 15 is 0 Å². The molecule has 276 valence electrons. The normalized spacial score (nSPS) is 11.7. The van der Waals surface area contributed by atoms with Gasteiger partial charge in [-0.2, -0.15) is 0 Å². The largest absolute Gasteiger partial charge is 0.455 e. The molecule has 12 aromatic rings. The lowest BCUT2D eigenvalue weighted by molar-refractivity contribution is 0.670. The molecule has 0 unspecified atom stereocenters. The first-order chi connectivity index (χ1) is 29.3. The van der Waals surface area contributed by atoms with E-state index in [0.29, 0.717) is 0 Å². The number of furan rings is 1. The summed E-state index contributed by atoms with van der Waals surface area (Å²) in [4.78, 5) is 2.50. The van der Waals surface area contributed by atoms with Crippen molar-refractivity contribution < 1.29 is 4.42 Å². The van der Waals surface area contributed by atoms with E-state index in [1.807, 2.05) is 11.3 Å². The number of benzene rings is 10. The Kier molecular flexibility index (Phi) is 7.75. The van der Waals surface area contributed by atoms with Gasteiger partial charge in [0.1, 0.15) is 11.2 Å². The second-order valence-electron chi connectivity index (χ2n) is 15.2. The lowest BCUT2D eigenvalue weighted by Gasteiger charge is -2.28. The molecule has 0 saturated carbocycles. The van der Waals surface area contributed by atoms with E-state index in [9.17, 15) is 0 Å². The molecule has 2 heterocycles. The van der Waals surface area contributed by atoms with Gasteiger partial charge >= 0.3 is 0 Å².